The molecule has 0 saturated carbocycles. The number of sulfonamides is 1. The van der Waals surface area contributed by atoms with E-state index in [1.165, 1.54) is 0 Å². The average molecular weight is 370 g/mol. The van der Waals surface area contributed by atoms with Gasteiger partial charge >= 0.3 is 0 Å². The highest BCUT2D eigenvalue weighted by Gasteiger charge is 2.19. The first-order valence-electron chi connectivity index (χ1n) is 8.47. The molecule has 1 atom stereocenters. The molecule has 3 rings (SSSR count). The van der Waals surface area contributed by atoms with Gasteiger partial charge in [-0.25, -0.2) is 8.42 Å². The lowest BCUT2D eigenvalue weighted by Gasteiger charge is -2.13. The van der Waals surface area contributed by atoms with E-state index >= 15 is 0 Å². The summed E-state index contributed by atoms with van der Waals surface area (Å²) in [7, 11) is -1.48. The predicted octanol–water partition coefficient (Wildman–Crippen LogP) is 3.69. The molecule has 0 spiro atoms. The zero-order valence-electron chi connectivity index (χ0n) is 15.0. The summed E-state index contributed by atoms with van der Waals surface area (Å²) in [5.74, 6) is 0. The molecular formula is C19H22N4O2S. The first kappa shape index (κ1) is 18.1. The maximum atomic E-state index is 12.2. The second-order valence-electron chi connectivity index (χ2n) is 6.24. The zero-order chi connectivity index (χ0) is 18.7. The second kappa shape index (κ2) is 7.29. The lowest BCUT2D eigenvalue weighted by molar-refractivity contribution is 0.586. The minimum Gasteiger partial charge on any atom is -0.283 e. The van der Waals surface area contributed by atoms with Crippen molar-refractivity contribution in [2.24, 2.45) is 7.05 Å². The highest BCUT2D eigenvalue weighted by atomic mass is 32.2. The summed E-state index contributed by atoms with van der Waals surface area (Å²) in [6.07, 6.45) is 5.99. The SMILES string of the molecule is CCC(C)S(=O)(=O)Nc1ccc(-c2cn(C)nc2-c2ccncc2)cc1. The number of nitrogens with zero attached hydrogens (tertiary/aromatic N) is 3. The van der Waals surface area contributed by atoms with Crippen molar-refractivity contribution in [3.05, 3.63) is 55.0 Å². The standard InChI is InChI=1S/C19H22N4O2S/c1-4-14(2)26(24,25)22-17-7-5-15(6-8-17)18-13-23(3)21-19(18)16-9-11-20-12-10-16/h5-14,22H,4H2,1-3H3. The normalized spacial score (nSPS) is 12.7. The molecule has 0 amide bonds. The molecule has 2 aromatic heterocycles. The third-order valence-electron chi connectivity index (χ3n) is 4.34. The van der Waals surface area contributed by atoms with Crippen LogP contribution in [0.1, 0.15) is 20.3 Å². The van der Waals surface area contributed by atoms with E-state index in [1.807, 2.05) is 44.4 Å². The second-order valence-corrected chi connectivity index (χ2v) is 8.34. The molecule has 0 radical (unpaired) electrons. The van der Waals surface area contributed by atoms with Crippen molar-refractivity contribution in [3.8, 4) is 22.4 Å². The Hall–Kier alpha value is -2.67. The summed E-state index contributed by atoms with van der Waals surface area (Å²) < 4.78 is 28.8. The van der Waals surface area contributed by atoms with Gasteiger partial charge in [-0.1, -0.05) is 19.1 Å². The van der Waals surface area contributed by atoms with Gasteiger partial charge in [0.2, 0.25) is 10.0 Å². The van der Waals surface area contributed by atoms with Crippen LogP contribution in [-0.2, 0) is 17.1 Å². The minimum absolute atomic E-state index is 0.432. The average Bonchev–Trinajstić information content (AvgIpc) is 3.04. The highest BCUT2D eigenvalue weighted by molar-refractivity contribution is 7.93. The van der Waals surface area contributed by atoms with Crippen LogP contribution < -0.4 is 4.72 Å². The molecule has 1 N–H and O–H groups in total. The first-order chi connectivity index (χ1) is 12.4. The van der Waals surface area contributed by atoms with Gasteiger partial charge in [-0.15, -0.1) is 0 Å². The van der Waals surface area contributed by atoms with E-state index in [2.05, 4.69) is 14.8 Å². The van der Waals surface area contributed by atoms with E-state index in [9.17, 15) is 8.42 Å². The van der Waals surface area contributed by atoms with E-state index < -0.39 is 15.3 Å². The lowest BCUT2D eigenvalue weighted by atomic mass is 10.0. The summed E-state index contributed by atoms with van der Waals surface area (Å²) in [4.78, 5) is 4.05. The number of nitrogens with one attached hydrogen (secondary N) is 1. The zero-order valence-corrected chi connectivity index (χ0v) is 15.9. The number of pyridine rings is 1. The van der Waals surface area contributed by atoms with Crippen molar-refractivity contribution in [3.63, 3.8) is 0 Å². The fourth-order valence-electron chi connectivity index (χ4n) is 2.62. The summed E-state index contributed by atoms with van der Waals surface area (Å²) in [6, 6.07) is 11.2. The molecule has 3 aromatic rings. The summed E-state index contributed by atoms with van der Waals surface area (Å²) in [5, 5.41) is 4.12. The van der Waals surface area contributed by atoms with Crippen LogP contribution in [-0.4, -0.2) is 28.4 Å². The fourth-order valence-corrected chi connectivity index (χ4v) is 3.73. The van der Waals surface area contributed by atoms with Gasteiger partial charge in [0.15, 0.2) is 0 Å². The van der Waals surface area contributed by atoms with E-state index in [0.29, 0.717) is 12.1 Å². The third-order valence-corrected chi connectivity index (χ3v) is 6.26. The number of anilines is 1. The smallest absolute Gasteiger partial charge is 0.235 e. The van der Waals surface area contributed by atoms with Crippen LogP contribution in [0.3, 0.4) is 0 Å². The Morgan fingerprint density at radius 2 is 1.73 bits per heavy atom. The van der Waals surface area contributed by atoms with Crippen molar-refractivity contribution in [2.75, 3.05) is 4.72 Å². The van der Waals surface area contributed by atoms with Crippen LogP contribution in [0.15, 0.2) is 55.0 Å². The Morgan fingerprint density at radius 1 is 1.08 bits per heavy atom. The maximum Gasteiger partial charge on any atom is 0.235 e. The van der Waals surface area contributed by atoms with Gasteiger partial charge in [0, 0.05) is 42.5 Å². The third kappa shape index (κ3) is 3.77. The van der Waals surface area contributed by atoms with Crippen LogP contribution in [0.25, 0.3) is 22.4 Å². The van der Waals surface area contributed by atoms with Gasteiger partial charge in [0.25, 0.3) is 0 Å². The van der Waals surface area contributed by atoms with Gasteiger partial charge in [-0.3, -0.25) is 14.4 Å². The molecule has 1 unspecified atom stereocenters. The number of rotatable bonds is 6. The Balaban J connectivity index is 1.91. The fraction of sp³-hybridized carbons (Fsp3) is 0.263. The van der Waals surface area contributed by atoms with Crippen molar-refractivity contribution in [1.29, 1.82) is 0 Å². The van der Waals surface area contributed by atoms with Gasteiger partial charge < -0.3 is 0 Å². The first-order valence-corrected chi connectivity index (χ1v) is 10.0. The number of hydrogen-bond donors (Lipinski definition) is 1. The van der Waals surface area contributed by atoms with E-state index in [1.54, 1.807) is 36.1 Å². The van der Waals surface area contributed by atoms with E-state index in [0.717, 1.165) is 22.4 Å². The molecule has 0 aliphatic heterocycles. The van der Waals surface area contributed by atoms with Crippen molar-refractivity contribution < 1.29 is 8.42 Å². The van der Waals surface area contributed by atoms with Crippen molar-refractivity contribution >= 4 is 15.7 Å². The van der Waals surface area contributed by atoms with Gasteiger partial charge in [0.05, 0.1) is 5.25 Å². The predicted molar refractivity (Wildman–Crippen MR) is 104 cm³/mol. The molecule has 2 heterocycles. The molecule has 0 bridgehead atoms. The number of benzene rings is 1. The van der Waals surface area contributed by atoms with Crippen LogP contribution in [0.2, 0.25) is 0 Å². The number of hydrogen-bond acceptors (Lipinski definition) is 4. The molecule has 0 fully saturated rings. The van der Waals surface area contributed by atoms with Crippen LogP contribution in [0.5, 0.6) is 0 Å². The molecule has 1 aromatic carbocycles. The largest absolute Gasteiger partial charge is 0.283 e. The quantitative estimate of drug-likeness (QED) is 0.718. The van der Waals surface area contributed by atoms with Gasteiger partial charge in [-0.05, 0) is 43.2 Å². The molecule has 136 valence electrons. The molecule has 0 saturated heterocycles. The Bertz CT molecular complexity index is 980. The topological polar surface area (TPSA) is 76.9 Å². The molecule has 26 heavy (non-hydrogen) atoms. The molecule has 0 aliphatic rings. The molecule has 6 nitrogen and oxygen atoms in total. The van der Waals surface area contributed by atoms with E-state index in [-0.39, 0.29) is 0 Å². The number of aryl methyl sites for hydroxylation is 1. The van der Waals surface area contributed by atoms with Crippen LogP contribution in [0.4, 0.5) is 5.69 Å². The van der Waals surface area contributed by atoms with Gasteiger partial charge in [0.1, 0.15) is 5.69 Å². The minimum atomic E-state index is -3.36. The number of aromatic nitrogens is 3. The van der Waals surface area contributed by atoms with Crippen molar-refractivity contribution in [2.45, 2.75) is 25.5 Å². The molecular weight excluding hydrogens is 348 g/mol. The molecule has 7 heteroatoms. The lowest BCUT2D eigenvalue weighted by Crippen LogP contribution is -2.24. The van der Waals surface area contributed by atoms with Gasteiger partial charge in [-0.2, -0.15) is 5.10 Å². The van der Waals surface area contributed by atoms with Crippen molar-refractivity contribution in [1.82, 2.24) is 14.8 Å². The maximum absolute atomic E-state index is 12.2. The Morgan fingerprint density at radius 3 is 2.35 bits per heavy atom. The summed E-state index contributed by atoms with van der Waals surface area (Å²) in [6.45, 7) is 3.56. The van der Waals surface area contributed by atoms with E-state index in [4.69, 9.17) is 0 Å². The summed E-state index contributed by atoms with van der Waals surface area (Å²) >= 11 is 0. The highest BCUT2D eigenvalue weighted by Crippen LogP contribution is 2.31. The molecule has 0 aliphatic carbocycles. The summed E-state index contributed by atoms with van der Waals surface area (Å²) in [5.41, 5.74) is 4.36. The monoisotopic (exact) mass is 370 g/mol. The Labute approximate surface area is 154 Å². The Kier molecular flexibility index (Phi) is 5.08. The van der Waals surface area contributed by atoms with Crippen LogP contribution >= 0.6 is 0 Å². The van der Waals surface area contributed by atoms with Crippen LogP contribution in [0, 0.1) is 0 Å².